The van der Waals surface area contributed by atoms with E-state index in [0.29, 0.717) is 24.4 Å². The van der Waals surface area contributed by atoms with Crippen molar-refractivity contribution in [3.05, 3.63) is 81.9 Å². The topological polar surface area (TPSA) is 26.3 Å². The Morgan fingerprint density at radius 2 is 1.22 bits per heavy atom. The van der Waals surface area contributed by atoms with E-state index < -0.39 is 0 Å². The monoisotopic (exact) mass is 304 g/mol. The van der Waals surface area contributed by atoms with Gasteiger partial charge in [-0.1, -0.05) is 48.5 Å². The molecular weight excluding hydrogens is 284 g/mol. The van der Waals surface area contributed by atoms with Crippen molar-refractivity contribution in [1.29, 1.82) is 0 Å². The number of aryl methyl sites for hydroxylation is 2. The SMILES string of the molecule is Cc1ccccc1/C=C1\COC/C(=C\c2ccccc2C)C1=O. The first kappa shape index (κ1) is 15.4. The molecule has 1 fully saturated rings. The highest BCUT2D eigenvalue weighted by Crippen LogP contribution is 2.22. The number of rotatable bonds is 2. The van der Waals surface area contributed by atoms with Gasteiger partial charge in [0.1, 0.15) is 0 Å². The van der Waals surface area contributed by atoms with Crippen LogP contribution in [0.25, 0.3) is 12.2 Å². The minimum Gasteiger partial charge on any atom is -0.372 e. The van der Waals surface area contributed by atoms with Crippen LogP contribution in [0.5, 0.6) is 0 Å². The molecule has 2 heteroatoms. The Kier molecular flexibility index (Phi) is 4.54. The van der Waals surface area contributed by atoms with Gasteiger partial charge in [-0.3, -0.25) is 4.79 Å². The van der Waals surface area contributed by atoms with Crippen molar-refractivity contribution in [1.82, 2.24) is 0 Å². The van der Waals surface area contributed by atoms with Crippen molar-refractivity contribution in [2.45, 2.75) is 13.8 Å². The van der Waals surface area contributed by atoms with E-state index in [-0.39, 0.29) is 5.78 Å². The molecule has 0 aliphatic carbocycles. The van der Waals surface area contributed by atoms with Crippen LogP contribution in [0.1, 0.15) is 22.3 Å². The highest BCUT2D eigenvalue weighted by Gasteiger charge is 2.21. The van der Waals surface area contributed by atoms with E-state index in [4.69, 9.17) is 4.74 Å². The van der Waals surface area contributed by atoms with E-state index in [1.807, 2.05) is 74.5 Å². The van der Waals surface area contributed by atoms with Gasteiger partial charge in [-0.05, 0) is 48.3 Å². The lowest BCUT2D eigenvalue weighted by atomic mass is 9.96. The van der Waals surface area contributed by atoms with Crippen molar-refractivity contribution in [2.75, 3.05) is 13.2 Å². The van der Waals surface area contributed by atoms with Crippen molar-refractivity contribution < 1.29 is 9.53 Å². The summed E-state index contributed by atoms with van der Waals surface area (Å²) < 4.78 is 5.63. The molecule has 1 heterocycles. The average molecular weight is 304 g/mol. The zero-order valence-electron chi connectivity index (χ0n) is 13.5. The zero-order valence-corrected chi connectivity index (χ0v) is 13.5. The molecular formula is C21H20O2. The van der Waals surface area contributed by atoms with Gasteiger partial charge in [0.25, 0.3) is 0 Å². The Bertz CT molecular complexity index is 731. The fraction of sp³-hybridized carbons (Fsp3) is 0.190. The third-order valence-corrected chi connectivity index (χ3v) is 4.13. The van der Waals surface area contributed by atoms with Crippen LogP contribution in [0.3, 0.4) is 0 Å². The number of hydrogen-bond donors (Lipinski definition) is 0. The molecule has 0 radical (unpaired) electrons. The second-order valence-electron chi connectivity index (χ2n) is 5.87. The van der Waals surface area contributed by atoms with Gasteiger partial charge >= 0.3 is 0 Å². The number of benzene rings is 2. The van der Waals surface area contributed by atoms with Gasteiger partial charge < -0.3 is 4.74 Å². The Morgan fingerprint density at radius 1 is 0.783 bits per heavy atom. The maximum atomic E-state index is 12.7. The van der Waals surface area contributed by atoms with Gasteiger partial charge in [-0.2, -0.15) is 0 Å². The van der Waals surface area contributed by atoms with E-state index >= 15 is 0 Å². The number of carbonyl (C=O) groups excluding carboxylic acids is 1. The average Bonchev–Trinajstić information content (AvgIpc) is 2.55. The normalized spacial score (nSPS) is 18.6. The number of carbonyl (C=O) groups is 1. The van der Waals surface area contributed by atoms with E-state index in [9.17, 15) is 4.79 Å². The van der Waals surface area contributed by atoms with E-state index in [0.717, 1.165) is 22.3 Å². The minimum absolute atomic E-state index is 0.0859. The van der Waals surface area contributed by atoms with Gasteiger partial charge in [0, 0.05) is 11.1 Å². The van der Waals surface area contributed by atoms with Gasteiger partial charge in [0.2, 0.25) is 0 Å². The molecule has 0 unspecified atom stereocenters. The summed E-state index contributed by atoms with van der Waals surface area (Å²) in [5, 5.41) is 0. The second-order valence-corrected chi connectivity index (χ2v) is 5.87. The zero-order chi connectivity index (χ0) is 16.2. The first-order chi connectivity index (χ1) is 11.1. The van der Waals surface area contributed by atoms with Crippen molar-refractivity contribution in [3.63, 3.8) is 0 Å². The van der Waals surface area contributed by atoms with Crippen LogP contribution in [-0.4, -0.2) is 19.0 Å². The predicted molar refractivity (Wildman–Crippen MR) is 94.1 cm³/mol. The molecule has 116 valence electrons. The molecule has 2 aromatic carbocycles. The second kappa shape index (κ2) is 6.76. The Balaban J connectivity index is 1.93. The van der Waals surface area contributed by atoms with E-state index in [1.54, 1.807) is 0 Å². The molecule has 0 amide bonds. The third-order valence-electron chi connectivity index (χ3n) is 4.13. The van der Waals surface area contributed by atoms with Gasteiger partial charge in [0.15, 0.2) is 5.78 Å². The molecule has 0 spiro atoms. The lowest BCUT2D eigenvalue weighted by Gasteiger charge is -2.18. The summed E-state index contributed by atoms with van der Waals surface area (Å²) in [6.45, 7) is 4.84. The molecule has 0 bridgehead atoms. The maximum Gasteiger partial charge on any atom is 0.189 e. The molecule has 2 nitrogen and oxygen atoms in total. The lowest BCUT2D eigenvalue weighted by molar-refractivity contribution is -0.114. The summed E-state index contributed by atoms with van der Waals surface area (Å²) in [5.74, 6) is 0.0859. The Hall–Kier alpha value is -2.45. The maximum absolute atomic E-state index is 12.7. The smallest absolute Gasteiger partial charge is 0.189 e. The van der Waals surface area contributed by atoms with E-state index in [2.05, 4.69) is 0 Å². The molecule has 1 aliphatic rings. The number of Topliss-reactive ketones (excluding diaryl/α,β-unsaturated/α-hetero) is 1. The van der Waals surface area contributed by atoms with Crippen LogP contribution >= 0.6 is 0 Å². The largest absolute Gasteiger partial charge is 0.372 e. The molecule has 0 N–H and O–H groups in total. The van der Waals surface area contributed by atoms with Crippen LogP contribution < -0.4 is 0 Å². The van der Waals surface area contributed by atoms with E-state index in [1.165, 1.54) is 0 Å². The summed E-state index contributed by atoms with van der Waals surface area (Å²) in [7, 11) is 0. The first-order valence-corrected chi connectivity index (χ1v) is 7.80. The Labute approximate surface area is 137 Å². The van der Waals surface area contributed by atoms with Crippen molar-refractivity contribution in [3.8, 4) is 0 Å². The van der Waals surface area contributed by atoms with Gasteiger partial charge in [0.05, 0.1) is 13.2 Å². The Morgan fingerprint density at radius 3 is 1.65 bits per heavy atom. The summed E-state index contributed by atoms with van der Waals surface area (Å²) >= 11 is 0. The standard InChI is InChI=1S/C21H20O2/c1-15-7-3-5-9-17(15)11-19-13-23-14-20(21(19)22)12-18-10-6-4-8-16(18)2/h3-12H,13-14H2,1-2H3/b19-11+,20-12+. The third kappa shape index (κ3) is 3.49. The highest BCUT2D eigenvalue weighted by atomic mass is 16.5. The van der Waals surface area contributed by atoms with Crippen molar-refractivity contribution >= 4 is 17.9 Å². The lowest BCUT2D eigenvalue weighted by Crippen LogP contribution is -2.22. The molecule has 1 aliphatic heterocycles. The predicted octanol–water partition coefficient (Wildman–Crippen LogP) is 4.37. The minimum atomic E-state index is 0.0859. The van der Waals surface area contributed by atoms with Gasteiger partial charge in [-0.25, -0.2) is 0 Å². The molecule has 2 aromatic rings. The molecule has 0 saturated carbocycles. The molecule has 1 saturated heterocycles. The summed E-state index contributed by atoms with van der Waals surface area (Å²) in [5.41, 5.74) is 5.87. The summed E-state index contributed by atoms with van der Waals surface area (Å²) in [4.78, 5) is 12.7. The molecule has 0 atom stereocenters. The quantitative estimate of drug-likeness (QED) is 0.770. The van der Waals surface area contributed by atoms with Crippen LogP contribution in [0, 0.1) is 13.8 Å². The van der Waals surface area contributed by atoms with Crippen LogP contribution in [0.4, 0.5) is 0 Å². The van der Waals surface area contributed by atoms with Gasteiger partial charge in [-0.15, -0.1) is 0 Å². The molecule has 3 rings (SSSR count). The number of ether oxygens (including phenoxy) is 1. The fourth-order valence-corrected chi connectivity index (χ4v) is 2.70. The molecule has 0 aromatic heterocycles. The summed E-state index contributed by atoms with van der Waals surface area (Å²) in [6.07, 6.45) is 3.89. The first-order valence-electron chi connectivity index (χ1n) is 7.80. The van der Waals surface area contributed by atoms with Crippen LogP contribution in [0.15, 0.2) is 59.7 Å². The van der Waals surface area contributed by atoms with Crippen LogP contribution in [0.2, 0.25) is 0 Å². The summed E-state index contributed by atoms with van der Waals surface area (Å²) in [6, 6.07) is 16.1. The van der Waals surface area contributed by atoms with Crippen LogP contribution in [-0.2, 0) is 9.53 Å². The molecule has 23 heavy (non-hydrogen) atoms. The fourth-order valence-electron chi connectivity index (χ4n) is 2.70. The number of ketones is 1. The highest BCUT2D eigenvalue weighted by molar-refractivity contribution is 6.14. The van der Waals surface area contributed by atoms with Crippen molar-refractivity contribution in [2.24, 2.45) is 0 Å². The number of hydrogen-bond acceptors (Lipinski definition) is 2.